The minimum absolute atomic E-state index is 0.0466. The molecular weight excluding hydrogens is 352 g/mol. The maximum atomic E-state index is 12.8. The summed E-state index contributed by atoms with van der Waals surface area (Å²) in [5, 5.41) is 1.12. The number of rotatable bonds is 4. The average molecular weight is 378 g/mol. The van der Waals surface area contributed by atoms with Crippen LogP contribution in [-0.4, -0.2) is 38.4 Å². The van der Waals surface area contributed by atoms with Crippen molar-refractivity contribution in [3.8, 4) is 0 Å². The number of fused-ring (bicyclic) bond motifs is 1. The fraction of sp³-hybridized carbons (Fsp3) is 0.409. The van der Waals surface area contributed by atoms with E-state index in [9.17, 15) is 9.59 Å². The van der Waals surface area contributed by atoms with Crippen LogP contribution in [0.2, 0.25) is 0 Å². The lowest BCUT2D eigenvalue weighted by molar-refractivity contribution is -0.131. The lowest BCUT2D eigenvalue weighted by Gasteiger charge is -2.32. The van der Waals surface area contributed by atoms with E-state index in [0.717, 1.165) is 48.1 Å². The number of nitrogens with zero attached hydrogens (tertiary/aromatic N) is 3. The molecule has 1 N–H and O–H groups in total. The Hall–Kier alpha value is -2.89. The first kappa shape index (κ1) is 18.5. The summed E-state index contributed by atoms with van der Waals surface area (Å²) in [6.07, 6.45) is 5.85. The zero-order valence-electron chi connectivity index (χ0n) is 16.4. The molecule has 1 fully saturated rings. The summed E-state index contributed by atoms with van der Waals surface area (Å²) in [6.45, 7) is 5.86. The second-order valence-electron chi connectivity index (χ2n) is 7.77. The first-order valence-electron chi connectivity index (χ1n) is 9.88. The number of aromatic nitrogens is 3. The molecule has 6 nitrogen and oxygen atoms in total. The molecule has 1 saturated heterocycles. The molecule has 0 atom stereocenters. The van der Waals surface area contributed by atoms with E-state index in [-0.39, 0.29) is 11.5 Å². The number of nitrogens with one attached hydrogen (secondary N) is 1. The van der Waals surface area contributed by atoms with Crippen LogP contribution in [0, 0.1) is 19.8 Å². The third-order valence-corrected chi connectivity index (χ3v) is 5.95. The zero-order valence-corrected chi connectivity index (χ0v) is 16.4. The van der Waals surface area contributed by atoms with Crippen molar-refractivity contribution in [2.75, 3.05) is 13.1 Å². The van der Waals surface area contributed by atoms with Crippen LogP contribution < -0.4 is 5.56 Å². The van der Waals surface area contributed by atoms with Crippen molar-refractivity contribution in [3.05, 3.63) is 64.0 Å². The largest absolute Gasteiger partial charge is 0.361 e. The summed E-state index contributed by atoms with van der Waals surface area (Å²) in [7, 11) is 0. The molecule has 0 spiro atoms. The van der Waals surface area contributed by atoms with Crippen molar-refractivity contribution in [3.63, 3.8) is 0 Å². The molecular formula is C22H26N4O2. The van der Waals surface area contributed by atoms with Crippen molar-refractivity contribution in [2.45, 2.75) is 39.7 Å². The van der Waals surface area contributed by atoms with E-state index in [4.69, 9.17) is 0 Å². The fourth-order valence-corrected chi connectivity index (χ4v) is 4.00. The van der Waals surface area contributed by atoms with Gasteiger partial charge < -0.3 is 9.88 Å². The number of para-hydroxylation sites is 1. The summed E-state index contributed by atoms with van der Waals surface area (Å²) in [6, 6.07) is 8.07. The number of aryl methyl sites for hydroxylation is 1. The van der Waals surface area contributed by atoms with Crippen molar-refractivity contribution in [2.24, 2.45) is 5.92 Å². The van der Waals surface area contributed by atoms with Gasteiger partial charge in [0.1, 0.15) is 0 Å². The summed E-state index contributed by atoms with van der Waals surface area (Å²) in [4.78, 5) is 34.6. The second kappa shape index (κ2) is 7.62. The van der Waals surface area contributed by atoms with E-state index < -0.39 is 0 Å². The number of carbonyl (C=O) groups excluding carboxylic acids is 1. The van der Waals surface area contributed by atoms with Gasteiger partial charge in [-0.3, -0.25) is 14.2 Å². The van der Waals surface area contributed by atoms with Crippen LogP contribution in [0.5, 0.6) is 0 Å². The Kier molecular flexibility index (Phi) is 5.03. The monoisotopic (exact) mass is 378 g/mol. The Balaban J connectivity index is 1.35. The summed E-state index contributed by atoms with van der Waals surface area (Å²) >= 11 is 0. The minimum Gasteiger partial charge on any atom is -0.361 e. The maximum absolute atomic E-state index is 12.8. The average Bonchev–Trinajstić information content (AvgIpc) is 3.12. The van der Waals surface area contributed by atoms with Crippen LogP contribution in [0.25, 0.3) is 10.9 Å². The SMILES string of the molecule is Cc1ncn(CC2CCN(C(=O)Cc3c[nH]c4ccccc34)CC2)c(=O)c1C. The van der Waals surface area contributed by atoms with Crippen LogP contribution in [-0.2, 0) is 17.8 Å². The van der Waals surface area contributed by atoms with E-state index in [1.54, 1.807) is 10.9 Å². The van der Waals surface area contributed by atoms with E-state index in [1.807, 2.05) is 43.1 Å². The molecule has 2 aromatic heterocycles. The molecule has 146 valence electrons. The molecule has 0 unspecified atom stereocenters. The number of aromatic amines is 1. The van der Waals surface area contributed by atoms with E-state index in [1.165, 1.54) is 0 Å². The van der Waals surface area contributed by atoms with E-state index >= 15 is 0 Å². The summed E-state index contributed by atoms with van der Waals surface area (Å²) in [5.74, 6) is 0.576. The van der Waals surface area contributed by atoms with Gasteiger partial charge in [0.25, 0.3) is 5.56 Å². The van der Waals surface area contributed by atoms with Gasteiger partial charge in [-0.15, -0.1) is 0 Å². The number of hydrogen-bond donors (Lipinski definition) is 1. The van der Waals surface area contributed by atoms with Crippen LogP contribution >= 0.6 is 0 Å². The number of amides is 1. The van der Waals surface area contributed by atoms with Gasteiger partial charge in [0.05, 0.1) is 12.7 Å². The van der Waals surface area contributed by atoms with Gasteiger partial charge in [-0.2, -0.15) is 0 Å². The molecule has 1 aliphatic rings. The lowest BCUT2D eigenvalue weighted by atomic mass is 9.96. The van der Waals surface area contributed by atoms with Gasteiger partial charge in [0.15, 0.2) is 0 Å². The Bertz CT molecular complexity index is 1060. The Morgan fingerprint density at radius 2 is 1.96 bits per heavy atom. The molecule has 1 aliphatic heterocycles. The normalized spacial score (nSPS) is 15.3. The van der Waals surface area contributed by atoms with Crippen LogP contribution in [0.1, 0.15) is 29.7 Å². The molecule has 0 aliphatic carbocycles. The number of benzene rings is 1. The quantitative estimate of drug-likeness (QED) is 0.759. The standard InChI is InChI=1S/C22H26N4O2/c1-15-16(2)24-14-26(22(15)28)13-17-7-9-25(10-8-17)21(27)11-18-12-23-20-6-4-3-5-19(18)20/h3-6,12,14,17,23H,7-11,13H2,1-2H3. The highest BCUT2D eigenvalue weighted by atomic mass is 16.2. The maximum Gasteiger partial charge on any atom is 0.256 e. The second-order valence-corrected chi connectivity index (χ2v) is 7.77. The predicted molar refractivity (Wildman–Crippen MR) is 109 cm³/mol. The minimum atomic E-state index is 0.0466. The van der Waals surface area contributed by atoms with E-state index in [0.29, 0.717) is 24.4 Å². The van der Waals surface area contributed by atoms with Crippen LogP contribution in [0.3, 0.4) is 0 Å². The first-order chi connectivity index (χ1) is 13.5. The number of carbonyl (C=O) groups is 1. The van der Waals surface area contributed by atoms with Crippen molar-refractivity contribution in [1.82, 2.24) is 19.4 Å². The molecule has 1 aromatic carbocycles. The Morgan fingerprint density at radius 3 is 2.75 bits per heavy atom. The third-order valence-electron chi connectivity index (χ3n) is 5.95. The molecule has 0 bridgehead atoms. The Morgan fingerprint density at radius 1 is 1.21 bits per heavy atom. The zero-order chi connectivity index (χ0) is 19.7. The van der Waals surface area contributed by atoms with Gasteiger partial charge in [-0.1, -0.05) is 18.2 Å². The molecule has 28 heavy (non-hydrogen) atoms. The molecule has 3 aromatic rings. The van der Waals surface area contributed by atoms with Gasteiger partial charge in [0.2, 0.25) is 5.91 Å². The van der Waals surface area contributed by atoms with Crippen molar-refractivity contribution in [1.29, 1.82) is 0 Å². The van der Waals surface area contributed by atoms with Crippen molar-refractivity contribution >= 4 is 16.8 Å². The summed E-state index contributed by atoms with van der Waals surface area (Å²) in [5.41, 5.74) is 3.67. The topological polar surface area (TPSA) is 71.0 Å². The molecule has 3 heterocycles. The smallest absolute Gasteiger partial charge is 0.256 e. The van der Waals surface area contributed by atoms with Gasteiger partial charge in [0, 0.05) is 48.0 Å². The Labute approximate surface area is 164 Å². The van der Waals surface area contributed by atoms with Crippen molar-refractivity contribution < 1.29 is 4.79 Å². The van der Waals surface area contributed by atoms with Gasteiger partial charge >= 0.3 is 0 Å². The third kappa shape index (κ3) is 3.59. The number of H-pyrrole nitrogens is 1. The molecule has 4 rings (SSSR count). The first-order valence-corrected chi connectivity index (χ1v) is 9.88. The highest BCUT2D eigenvalue weighted by Crippen LogP contribution is 2.22. The molecule has 0 radical (unpaired) electrons. The summed E-state index contributed by atoms with van der Waals surface area (Å²) < 4.78 is 1.72. The number of likely N-dealkylation sites (tertiary alicyclic amines) is 1. The molecule has 6 heteroatoms. The van der Waals surface area contributed by atoms with Crippen LogP contribution in [0.15, 0.2) is 41.6 Å². The van der Waals surface area contributed by atoms with E-state index in [2.05, 4.69) is 16.0 Å². The van der Waals surface area contributed by atoms with Gasteiger partial charge in [-0.25, -0.2) is 4.98 Å². The van der Waals surface area contributed by atoms with Crippen LogP contribution in [0.4, 0.5) is 0 Å². The highest BCUT2D eigenvalue weighted by molar-refractivity contribution is 5.88. The molecule has 1 amide bonds. The van der Waals surface area contributed by atoms with Gasteiger partial charge in [-0.05, 0) is 44.2 Å². The number of hydrogen-bond acceptors (Lipinski definition) is 3. The highest BCUT2D eigenvalue weighted by Gasteiger charge is 2.24. The fourth-order valence-electron chi connectivity index (χ4n) is 4.00. The molecule has 0 saturated carbocycles. The predicted octanol–water partition coefficient (Wildman–Crippen LogP) is 2.82. The lowest BCUT2D eigenvalue weighted by Crippen LogP contribution is -2.40. The number of piperidine rings is 1.